The van der Waals surface area contributed by atoms with Crippen LogP contribution in [0.4, 0.5) is 0 Å². The first-order valence-electron chi connectivity index (χ1n) is 3.94. The Morgan fingerprint density at radius 2 is 1.71 bits per heavy atom. The van der Waals surface area contributed by atoms with E-state index in [1.54, 1.807) is 19.9 Å². The van der Waals surface area contributed by atoms with Gasteiger partial charge in [0.15, 0.2) is 0 Å². The van der Waals surface area contributed by atoms with Crippen LogP contribution in [0.15, 0.2) is 24.3 Å². The quantitative estimate of drug-likeness (QED) is 0.500. The van der Waals surface area contributed by atoms with Gasteiger partial charge in [-0.2, -0.15) is 0 Å². The predicted molar refractivity (Wildman–Crippen MR) is 53.7 cm³/mol. The molecule has 0 aliphatic carbocycles. The van der Waals surface area contributed by atoms with Crippen molar-refractivity contribution >= 4 is 11.9 Å². The molecule has 0 amide bonds. The van der Waals surface area contributed by atoms with Crippen LogP contribution in [0, 0.1) is 0 Å². The van der Waals surface area contributed by atoms with Gasteiger partial charge in [0.25, 0.3) is 0 Å². The lowest BCUT2D eigenvalue weighted by atomic mass is 10.4. The first kappa shape index (κ1) is 14.9. The second-order valence-corrected chi connectivity index (χ2v) is 2.30. The fourth-order valence-electron chi connectivity index (χ4n) is 0.378. The van der Waals surface area contributed by atoms with Crippen molar-refractivity contribution in [3.63, 3.8) is 0 Å². The maximum absolute atomic E-state index is 10.2. The smallest absolute Gasteiger partial charge is 0.332 e. The second-order valence-electron chi connectivity index (χ2n) is 2.30. The van der Waals surface area contributed by atoms with E-state index < -0.39 is 0 Å². The van der Waals surface area contributed by atoms with Gasteiger partial charge < -0.3 is 9.47 Å². The molecule has 0 aromatic rings. The predicted octanol–water partition coefficient (Wildman–Crippen LogP) is 1.47. The summed E-state index contributed by atoms with van der Waals surface area (Å²) in [5.41, 5.74) is 0.433. The van der Waals surface area contributed by atoms with Crippen molar-refractivity contribution in [2.75, 3.05) is 14.2 Å². The number of methoxy groups -OCH3 is 2. The van der Waals surface area contributed by atoms with Crippen LogP contribution in [0.1, 0.15) is 13.8 Å². The average Bonchev–Trinajstić information content (AvgIpc) is 2.17. The van der Waals surface area contributed by atoms with Crippen molar-refractivity contribution in [2.24, 2.45) is 0 Å². The fraction of sp³-hybridized carbons (Fsp3) is 0.400. The Morgan fingerprint density at radius 1 is 1.21 bits per heavy atom. The zero-order valence-corrected chi connectivity index (χ0v) is 8.99. The molecule has 4 heteroatoms. The standard InChI is InChI=1S/2C5H8O2/c1-4(2)5(6)7-3;1-3-4-5(6)7-2/h1H2,2-3H3;3-4H,1-2H3. The summed E-state index contributed by atoms with van der Waals surface area (Å²) in [7, 11) is 2.68. The van der Waals surface area contributed by atoms with Gasteiger partial charge in [0, 0.05) is 11.6 Å². The normalized spacial score (nSPS) is 8.57. The first-order chi connectivity index (χ1) is 6.49. The molecule has 0 atom stereocenters. The Balaban J connectivity index is 0. The van der Waals surface area contributed by atoms with Crippen molar-refractivity contribution in [3.8, 4) is 0 Å². The molecule has 0 rings (SSSR count). The highest BCUT2D eigenvalue weighted by Crippen LogP contribution is 1.87. The Kier molecular flexibility index (Phi) is 10.1. The van der Waals surface area contributed by atoms with Gasteiger partial charge in [-0.1, -0.05) is 12.7 Å². The summed E-state index contributed by atoms with van der Waals surface area (Å²) in [6, 6.07) is 0. The number of carbonyl (C=O) groups is 2. The zero-order valence-electron chi connectivity index (χ0n) is 8.99. The largest absolute Gasteiger partial charge is 0.466 e. The molecular weight excluding hydrogens is 184 g/mol. The molecule has 80 valence electrons. The van der Waals surface area contributed by atoms with E-state index in [-0.39, 0.29) is 11.9 Å². The average molecular weight is 200 g/mol. The number of esters is 2. The summed E-state index contributed by atoms with van der Waals surface area (Å²) in [5.74, 6) is -0.650. The highest BCUT2D eigenvalue weighted by molar-refractivity contribution is 5.86. The molecule has 0 radical (unpaired) electrons. The molecule has 0 heterocycles. The molecule has 0 aromatic heterocycles. The molecule has 0 N–H and O–H groups in total. The molecular formula is C10H16O4. The molecule has 0 saturated heterocycles. The van der Waals surface area contributed by atoms with E-state index in [9.17, 15) is 9.59 Å². The van der Waals surface area contributed by atoms with Crippen LogP contribution in [-0.4, -0.2) is 26.2 Å². The molecule has 0 unspecified atom stereocenters. The summed E-state index contributed by atoms with van der Waals surface area (Å²) < 4.78 is 8.54. The lowest BCUT2D eigenvalue weighted by Crippen LogP contribution is -1.98. The van der Waals surface area contributed by atoms with E-state index in [1.165, 1.54) is 20.3 Å². The number of allylic oxidation sites excluding steroid dienone is 1. The summed E-state index contributed by atoms with van der Waals surface area (Å²) in [5, 5.41) is 0. The van der Waals surface area contributed by atoms with Crippen LogP contribution in [0.3, 0.4) is 0 Å². The third-order valence-corrected chi connectivity index (χ3v) is 1.04. The molecule has 0 aliphatic heterocycles. The van der Waals surface area contributed by atoms with Crippen molar-refractivity contribution < 1.29 is 19.1 Å². The van der Waals surface area contributed by atoms with E-state index in [0.29, 0.717) is 5.57 Å². The zero-order chi connectivity index (χ0) is 11.6. The lowest BCUT2D eigenvalue weighted by molar-refractivity contribution is -0.136. The van der Waals surface area contributed by atoms with Crippen molar-refractivity contribution in [3.05, 3.63) is 24.3 Å². The van der Waals surface area contributed by atoms with Crippen LogP contribution in [-0.2, 0) is 19.1 Å². The molecule has 0 aromatic carbocycles. The van der Waals surface area contributed by atoms with Crippen molar-refractivity contribution in [1.29, 1.82) is 0 Å². The lowest BCUT2D eigenvalue weighted by Gasteiger charge is -1.91. The Hall–Kier alpha value is -1.58. The molecule has 0 fully saturated rings. The SMILES string of the molecule is C=C(C)C(=O)OC.CC=CC(=O)OC. The number of ether oxygens (including phenoxy) is 2. The summed E-state index contributed by atoms with van der Waals surface area (Å²) in [6.45, 7) is 6.72. The Labute approximate surface area is 84.2 Å². The van der Waals surface area contributed by atoms with Crippen molar-refractivity contribution in [2.45, 2.75) is 13.8 Å². The van der Waals surface area contributed by atoms with Gasteiger partial charge in [0.1, 0.15) is 0 Å². The molecule has 0 saturated carbocycles. The van der Waals surface area contributed by atoms with Crippen LogP contribution < -0.4 is 0 Å². The second kappa shape index (κ2) is 9.51. The van der Waals surface area contributed by atoms with E-state index in [1.807, 2.05) is 0 Å². The third kappa shape index (κ3) is 10.4. The number of hydrogen-bond acceptors (Lipinski definition) is 4. The molecule has 14 heavy (non-hydrogen) atoms. The van der Waals surface area contributed by atoms with E-state index in [0.717, 1.165) is 0 Å². The number of hydrogen-bond donors (Lipinski definition) is 0. The van der Waals surface area contributed by atoms with Gasteiger partial charge in [-0.15, -0.1) is 0 Å². The van der Waals surface area contributed by atoms with Crippen LogP contribution >= 0.6 is 0 Å². The Bertz CT molecular complexity index is 228. The third-order valence-electron chi connectivity index (χ3n) is 1.04. The van der Waals surface area contributed by atoms with E-state index in [4.69, 9.17) is 0 Å². The summed E-state index contributed by atoms with van der Waals surface area (Å²) in [6.07, 6.45) is 2.99. The minimum absolute atomic E-state index is 0.303. The Morgan fingerprint density at radius 3 is 1.79 bits per heavy atom. The van der Waals surface area contributed by atoms with Gasteiger partial charge in [0.05, 0.1) is 14.2 Å². The van der Waals surface area contributed by atoms with Crippen LogP contribution in [0.5, 0.6) is 0 Å². The molecule has 0 bridgehead atoms. The summed E-state index contributed by atoms with van der Waals surface area (Å²) >= 11 is 0. The fourth-order valence-corrected chi connectivity index (χ4v) is 0.378. The maximum atomic E-state index is 10.2. The minimum Gasteiger partial charge on any atom is -0.466 e. The summed E-state index contributed by atoms with van der Waals surface area (Å²) in [4.78, 5) is 20.3. The minimum atomic E-state index is -0.347. The monoisotopic (exact) mass is 200 g/mol. The van der Waals surface area contributed by atoms with Gasteiger partial charge >= 0.3 is 11.9 Å². The van der Waals surface area contributed by atoms with E-state index >= 15 is 0 Å². The van der Waals surface area contributed by atoms with Gasteiger partial charge in [0.2, 0.25) is 0 Å². The highest BCUT2D eigenvalue weighted by Gasteiger charge is 1.95. The maximum Gasteiger partial charge on any atom is 0.332 e. The van der Waals surface area contributed by atoms with Gasteiger partial charge in [-0.05, 0) is 13.8 Å². The topological polar surface area (TPSA) is 52.6 Å². The first-order valence-corrected chi connectivity index (χ1v) is 3.94. The van der Waals surface area contributed by atoms with Crippen LogP contribution in [0.2, 0.25) is 0 Å². The number of rotatable bonds is 2. The van der Waals surface area contributed by atoms with Crippen LogP contribution in [0.25, 0.3) is 0 Å². The van der Waals surface area contributed by atoms with E-state index in [2.05, 4.69) is 16.1 Å². The van der Waals surface area contributed by atoms with Gasteiger partial charge in [-0.25, -0.2) is 9.59 Å². The van der Waals surface area contributed by atoms with Gasteiger partial charge in [-0.3, -0.25) is 0 Å². The molecule has 0 spiro atoms. The van der Waals surface area contributed by atoms with Crippen molar-refractivity contribution in [1.82, 2.24) is 0 Å². The molecule has 0 aliphatic rings. The molecule has 4 nitrogen and oxygen atoms in total. The highest BCUT2D eigenvalue weighted by atomic mass is 16.5. The number of carbonyl (C=O) groups excluding carboxylic acids is 2.